The molecule has 0 saturated heterocycles. The molecule has 0 atom stereocenters. The molecule has 0 heterocycles. The molecular formula is C9H7Cl2F12O3P. The molecule has 0 N–H and O–H groups in total. The minimum absolute atomic E-state index is 1.77. The van der Waals surface area contributed by atoms with E-state index in [2.05, 4.69) is 14.0 Å². The third-order valence-electron chi connectivity index (χ3n) is 2.32. The van der Waals surface area contributed by atoms with Crippen LogP contribution in [-0.4, -0.2) is 56.2 Å². The van der Waals surface area contributed by atoms with Gasteiger partial charge in [0.15, 0.2) is 0 Å². The van der Waals surface area contributed by atoms with Crippen molar-refractivity contribution in [2.45, 2.75) is 43.0 Å². The molecule has 164 valence electrons. The van der Waals surface area contributed by atoms with Gasteiger partial charge in [-0.05, 0) is 22.5 Å². The zero-order chi connectivity index (χ0) is 21.8. The summed E-state index contributed by atoms with van der Waals surface area (Å²) in [5.41, 5.74) is 0. The highest BCUT2D eigenvalue weighted by atomic mass is 35.9. The molecule has 0 aliphatic rings. The molecule has 0 spiro atoms. The van der Waals surface area contributed by atoms with E-state index in [9.17, 15) is 52.7 Å². The SMILES string of the molecule is FC(F)(F)C(OCC(COC(C(F)(F)F)C(F)(F)F)OP(Cl)Cl)C(F)(F)F. The average molecular weight is 493 g/mol. The summed E-state index contributed by atoms with van der Waals surface area (Å²) in [6.45, 7) is -6.20. The number of hydrogen-bond donors (Lipinski definition) is 0. The molecule has 0 aliphatic carbocycles. The first-order valence-electron chi connectivity index (χ1n) is 6.04. The van der Waals surface area contributed by atoms with Crippen LogP contribution in [0.5, 0.6) is 0 Å². The van der Waals surface area contributed by atoms with E-state index in [1.54, 1.807) is 0 Å². The lowest BCUT2D eigenvalue weighted by Crippen LogP contribution is -2.47. The maximum Gasteiger partial charge on any atom is 0.423 e. The number of ether oxygens (including phenoxy) is 2. The summed E-state index contributed by atoms with van der Waals surface area (Å²) in [4.78, 5) is 0. The minimum Gasteiger partial charge on any atom is -0.358 e. The number of alkyl halides is 12. The molecule has 0 radical (unpaired) electrons. The van der Waals surface area contributed by atoms with Gasteiger partial charge in [-0.15, -0.1) is 0 Å². The summed E-state index contributed by atoms with van der Waals surface area (Å²) in [5, 5.41) is 0. The minimum atomic E-state index is -5.98. The second kappa shape index (κ2) is 9.70. The predicted molar refractivity (Wildman–Crippen MR) is 67.2 cm³/mol. The van der Waals surface area contributed by atoms with Crippen molar-refractivity contribution in [3.8, 4) is 0 Å². The van der Waals surface area contributed by atoms with Crippen LogP contribution >= 0.6 is 29.3 Å². The van der Waals surface area contributed by atoms with Crippen molar-refractivity contribution in [1.29, 1.82) is 0 Å². The molecular weight excluding hydrogens is 486 g/mol. The van der Waals surface area contributed by atoms with Gasteiger partial charge in [0.05, 0.1) is 13.2 Å². The maximum absolute atomic E-state index is 12.3. The monoisotopic (exact) mass is 492 g/mol. The van der Waals surface area contributed by atoms with Crippen LogP contribution in [0.25, 0.3) is 0 Å². The van der Waals surface area contributed by atoms with Crippen LogP contribution in [0.1, 0.15) is 0 Å². The Kier molecular flexibility index (Phi) is 9.72. The summed E-state index contributed by atoms with van der Waals surface area (Å²) >= 11 is 10.1. The summed E-state index contributed by atoms with van der Waals surface area (Å²) in [7, 11) is 0. The normalized spacial score (nSPS) is 14.9. The van der Waals surface area contributed by atoms with Gasteiger partial charge in [-0.1, -0.05) is 0 Å². The van der Waals surface area contributed by atoms with E-state index in [4.69, 9.17) is 22.5 Å². The molecule has 3 nitrogen and oxygen atoms in total. The second-order valence-corrected chi connectivity index (χ2v) is 7.50. The van der Waals surface area contributed by atoms with Gasteiger partial charge >= 0.3 is 24.7 Å². The molecule has 0 aromatic heterocycles. The highest BCUT2D eigenvalue weighted by Gasteiger charge is 2.59. The fourth-order valence-electron chi connectivity index (χ4n) is 1.38. The average Bonchev–Trinajstić information content (AvgIpc) is 2.30. The largest absolute Gasteiger partial charge is 0.423 e. The second-order valence-electron chi connectivity index (χ2n) is 4.52. The van der Waals surface area contributed by atoms with Crippen molar-refractivity contribution >= 4 is 29.3 Å². The first-order chi connectivity index (χ1) is 11.8. The van der Waals surface area contributed by atoms with E-state index in [0.29, 0.717) is 0 Å². The van der Waals surface area contributed by atoms with Gasteiger partial charge in [0.2, 0.25) is 19.1 Å². The van der Waals surface area contributed by atoms with Crippen LogP contribution in [-0.2, 0) is 14.0 Å². The highest BCUT2D eigenvalue weighted by molar-refractivity contribution is 8.00. The molecule has 0 unspecified atom stereocenters. The fourth-order valence-corrected chi connectivity index (χ4v) is 2.40. The van der Waals surface area contributed by atoms with Crippen LogP contribution in [0.2, 0.25) is 0 Å². The molecule has 0 bridgehead atoms. The zero-order valence-corrected chi connectivity index (χ0v) is 14.5. The lowest BCUT2D eigenvalue weighted by Gasteiger charge is -2.28. The predicted octanol–water partition coefficient (Wildman–Crippen LogP) is 6.10. The van der Waals surface area contributed by atoms with Crippen molar-refractivity contribution in [1.82, 2.24) is 0 Å². The smallest absolute Gasteiger partial charge is 0.358 e. The zero-order valence-electron chi connectivity index (χ0n) is 12.1. The molecule has 0 rings (SSSR count). The molecule has 0 aromatic rings. The Labute approximate surface area is 153 Å². The van der Waals surface area contributed by atoms with E-state index >= 15 is 0 Å². The summed E-state index contributed by atoms with van der Waals surface area (Å²) in [5.74, 6) is 0. The molecule has 0 aliphatic heterocycles. The van der Waals surface area contributed by atoms with Crippen molar-refractivity contribution < 1.29 is 66.7 Å². The lowest BCUT2D eigenvalue weighted by molar-refractivity contribution is -0.331. The molecule has 0 fully saturated rings. The van der Waals surface area contributed by atoms with Crippen LogP contribution in [0.3, 0.4) is 0 Å². The van der Waals surface area contributed by atoms with Crippen molar-refractivity contribution in [2.24, 2.45) is 0 Å². The van der Waals surface area contributed by atoms with Crippen molar-refractivity contribution in [3.63, 3.8) is 0 Å². The van der Waals surface area contributed by atoms with E-state index in [0.717, 1.165) is 0 Å². The Morgan fingerprint density at radius 1 is 0.593 bits per heavy atom. The highest BCUT2D eigenvalue weighted by Crippen LogP contribution is 2.49. The summed E-state index contributed by atoms with van der Waals surface area (Å²) < 4.78 is 159. The van der Waals surface area contributed by atoms with Gasteiger partial charge in [0.1, 0.15) is 6.10 Å². The third kappa shape index (κ3) is 10.4. The van der Waals surface area contributed by atoms with Gasteiger partial charge in [-0.2, -0.15) is 52.7 Å². The van der Waals surface area contributed by atoms with Crippen LogP contribution in [0.4, 0.5) is 52.7 Å². The van der Waals surface area contributed by atoms with Crippen molar-refractivity contribution in [3.05, 3.63) is 0 Å². The molecule has 0 saturated carbocycles. The van der Waals surface area contributed by atoms with Gasteiger partial charge in [0, 0.05) is 0 Å². The number of rotatable bonds is 8. The standard InChI is InChI=1S/C9H7Cl2F12O3P/c10-27(11)26-3(1-24-4(6(12,13)14)7(15,16)17)2-25-5(8(18,19)20)9(21,22)23/h3-5H,1-2H2. The Morgan fingerprint density at radius 3 is 1.04 bits per heavy atom. The van der Waals surface area contributed by atoms with Crippen LogP contribution < -0.4 is 0 Å². The Bertz CT molecular complexity index is 385. The van der Waals surface area contributed by atoms with E-state index < -0.39 is 63.1 Å². The van der Waals surface area contributed by atoms with Crippen LogP contribution in [0, 0.1) is 0 Å². The summed E-state index contributed by atoms with van der Waals surface area (Å²) in [6, 6.07) is 0. The first-order valence-corrected chi connectivity index (χ1v) is 9.11. The molecule has 0 aromatic carbocycles. The van der Waals surface area contributed by atoms with E-state index in [1.807, 2.05) is 0 Å². The number of halogens is 14. The quantitative estimate of drug-likeness (QED) is 0.303. The first kappa shape index (κ1) is 27.0. The van der Waals surface area contributed by atoms with E-state index in [1.165, 1.54) is 0 Å². The topological polar surface area (TPSA) is 27.7 Å². The number of hydrogen-bond acceptors (Lipinski definition) is 3. The molecule has 27 heavy (non-hydrogen) atoms. The molecule has 18 heteroatoms. The van der Waals surface area contributed by atoms with Crippen LogP contribution in [0.15, 0.2) is 0 Å². The van der Waals surface area contributed by atoms with Gasteiger partial charge in [-0.3, -0.25) is 0 Å². The van der Waals surface area contributed by atoms with Gasteiger partial charge < -0.3 is 14.0 Å². The van der Waals surface area contributed by atoms with Gasteiger partial charge in [-0.25, -0.2) is 0 Å². The maximum atomic E-state index is 12.3. The Balaban J connectivity index is 5.19. The van der Waals surface area contributed by atoms with Crippen molar-refractivity contribution in [2.75, 3.05) is 13.2 Å². The third-order valence-corrected chi connectivity index (χ3v) is 3.25. The van der Waals surface area contributed by atoms with E-state index in [-0.39, 0.29) is 0 Å². The Morgan fingerprint density at radius 2 is 0.852 bits per heavy atom. The Hall–Kier alpha value is 0.0500. The van der Waals surface area contributed by atoms with Gasteiger partial charge in [0.25, 0.3) is 0 Å². The fraction of sp³-hybridized carbons (Fsp3) is 1.00. The molecule has 0 amide bonds. The lowest BCUT2D eigenvalue weighted by atomic mass is 10.3. The summed E-state index contributed by atoms with van der Waals surface area (Å²) in [6.07, 6.45) is -35.0.